The molecule has 3 N–H and O–H groups in total. The van der Waals surface area contributed by atoms with Crippen molar-refractivity contribution in [2.75, 3.05) is 11.9 Å². The van der Waals surface area contributed by atoms with Gasteiger partial charge in [0.2, 0.25) is 0 Å². The van der Waals surface area contributed by atoms with Gasteiger partial charge in [-0.15, -0.1) is 5.10 Å². The lowest BCUT2D eigenvalue weighted by Gasteiger charge is -2.11. The predicted molar refractivity (Wildman–Crippen MR) is 81.4 cm³/mol. The molecule has 0 aliphatic rings. The van der Waals surface area contributed by atoms with Crippen molar-refractivity contribution in [2.45, 2.75) is 6.10 Å². The van der Waals surface area contributed by atoms with Gasteiger partial charge in [0.05, 0.1) is 6.10 Å². The molecule has 7 nitrogen and oxygen atoms in total. The highest BCUT2D eigenvalue weighted by atomic mass is 16.3. The van der Waals surface area contributed by atoms with E-state index in [1.54, 1.807) is 28.9 Å². The number of nitrogens with zero attached hydrogens (tertiary/aromatic N) is 3. The van der Waals surface area contributed by atoms with Crippen LogP contribution < -0.4 is 10.6 Å². The number of aromatic nitrogens is 3. The maximum Gasteiger partial charge on any atom is 0.321 e. The molecule has 0 saturated carbocycles. The summed E-state index contributed by atoms with van der Waals surface area (Å²) in [7, 11) is 0. The SMILES string of the molecule is O=C(NCC(O)c1ccccc1)Nc1nc2ccccn2n1. The Bertz CT molecular complexity index is 739. The van der Waals surface area contributed by atoms with Crippen LogP contribution in [0.5, 0.6) is 0 Å². The second kappa shape index (κ2) is 6.23. The van der Waals surface area contributed by atoms with Crippen LogP contribution in [0.4, 0.5) is 10.7 Å². The van der Waals surface area contributed by atoms with Crippen LogP contribution in [0.1, 0.15) is 11.7 Å². The fraction of sp³-hybridized carbons (Fsp3) is 0.133. The molecule has 0 radical (unpaired) electrons. The molecule has 7 heteroatoms. The van der Waals surface area contributed by atoms with Gasteiger partial charge in [-0.25, -0.2) is 9.31 Å². The molecule has 112 valence electrons. The first kappa shape index (κ1) is 14.0. The minimum atomic E-state index is -0.763. The number of pyridine rings is 1. The van der Waals surface area contributed by atoms with Gasteiger partial charge in [-0.1, -0.05) is 36.4 Å². The highest BCUT2D eigenvalue weighted by Crippen LogP contribution is 2.10. The van der Waals surface area contributed by atoms with E-state index < -0.39 is 12.1 Å². The molecule has 2 amide bonds. The predicted octanol–water partition coefficient (Wildman–Crippen LogP) is 1.58. The number of anilines is 1. The molecule has 1 aromatic carbocycles. The first-order valence-corrected chi connectivity index (χ1v) is 6.81. The topological polar surface area (TPSA) is 91.5 Å². The molecule has 0 saturated heterocycles. The number of nitrogens with one attached hydrogen (secondary N) is 2. The number of urea groups is 1. The smallest absolute Gasteiger partial charge is 0.321 e. The molecular weight excluding hydrogens is 282 g/mol. The molecule has 2 aromatic heterocycles. The summed E-state index contributed by atoms with van der Waals surface area (Å²) in [4.78, 5) is 16.0. The van der Waals surface area contributed by atoms with Crippen molar-refractivity contribution in [3.63, 3.8) is 0 Å². The first-order valence-electron chi connectivity index (χ1n) is 6.81. The number of aliphatic hydroxyl groups is 1. The third-order valence-corrected chi connectivity index (χ3v) is 3.11. The molecule has 3 rings (SSSR count). The van der Waals surface area contributed by atoms with E-state index in [-0.39, 0.29) is 12.5 Å². The summed E-state index contributed by atoms with van der Waals surface area (Å²) in [6, 6.07) is 14.1. The molecule has 1 unspecified atom stereocenters. The second-order valence-electron chi connectivity index (χ2n) is 4.70. The third-order valence-electron chi connectivity index (χ3n) is 3.11. The number of carbonyl (C=O) groups excluding carboxylic acids is 1. The lowest BCUT2D eigenvalue weighted by molar-refractivity contribution is 0.175. The van der Waals surface area contributed by atoms with E-state index in [0.29, 0.717) is 5.65 Å². The van der Waals surface area contributed by atoms with Crippen molar-refractivity contribution in [1.82, 2.24) is 19.9 Å². The Balaban J connectivity index is 1.56. The van der Waals surface area contributed by atoms with E-state index in [0.717, 1.165) is 5.56 Å². The molecular formula is C15H15N5O2. The zero-order chi connectivity index (χ0) is 15.4. The van der Waals surface area contributed by atoms with E-state index in [2.05, 4.69) is 20.7 Å². The Morgan fingerprint density at radius 1 is 1.18 bits per heavy atom. The van der Waals surface area contributed by atoms with Gasteiger partial charge in [-0.2, -0.15) is 4.98 Å². The first-order chi connectivity index (χ1) is 10.7. The Morgan fingerprint density at radius 2 is 1.95 bits per heavy atom. The van der Waals surface area contributed by atoms with Crippen LogP contribution in [0.25, 0.3) is 5.65 Å². The maximum atomic E-state index is 11.8. The number of carbonyl (C=O) groups is 1. The molecule has 0 fully saturated rings. The molecule has 0 bridgehead atoms. The highest BCUT2D eigenvalue weighted by Gasteiger charge is 2.11. The van der Waals surface area contributed by atoms with Crippen LogP contribution in [0.15, 0.2) is 54.7 Å². The van der Waals surface area contributed by atoms with Gasteiger partial charge in [0.1, 0.15) is 0 Å². The quantitative estimate of drug-likeness (QED) is 0.682. The van der Waals surface area contributed by atoms with Crippen LogP contribution in [0, 0.1) is 0 Å². The number of amides is 2. The van der Waals surface area contributed by atoms with Crippen molar-refractivity contribution >= 4 is 17.6 Å². The van der Waals surface area contributed by atoms with E-state index in [9.17, 15) is 9.90 Å². The fourth-order valence-corrected chi connectivity index (χ4v) is 2.01. The number of hydrogen-bond acceptors (Lipinski definition) is 4. The summed E-state index contributed by atoms with van der Waals surface area (Å²) in [5.74, 6) is 0.206. The summed E-state index contributed by atoms with van der Waals surface area (Å²) in [6.45, 7) is 0.100. The van der Waals surface area contributed by atoms with Crippen LogP contribution in [0.2, 0.25) is 0 Å². The average molecular weight is 297 g/mol. The van der Waals surface area contributed by atoms with Crippen molar-refractivity contribution in [3.05, 3.63) is 60.3 Å². The third kappa shape index (κ3) is 3.21. The molecule has 0 aliphatic heterocycles. The van der Waals surface area contributed by atoms with E-state index in [4.69, 9.17) is 0 Å². The van der Waals surface area contributed by atoms with Crippen molar-refractivity contribution in [3.8, 4) is 0 Å². The number of hydrogen-bond donors (Lipinski definition) is 3. The lowest BCUT2D eigenvalue weighted by atomic mass is 10.1. The maximum absolute atomic E-state index is 11.8. The monoisotopic (exact) mass is 297 g/mol. The fourth-order valence-electron chi connectivity index (χ4n) is 2.01. The lowest BCUT2D eigenvalue weighted by Crippen LogP contribution is -2.32. The molecule has 22 heavy (non-hydrogen) atoms. The molecule has 0 aliphatic carbocycles. The van der Waals surface area contributed by atoms with Crippen LogP contribution in [-0.2, 0) is 0 Å². The Labute approximate surface area is 126 Å². The van der Waals surface area contributed by atoms with Crippen LogP contribution in [0.3, 0.4) is 0 Å². The van der Waals surface area contributed by atoms with Gasteiger partial charge in [0.15, 0.2) is 5.65 Å². The van der Waals surface area contributed by atoms with Crippen molar-refractivity contribution < 1.29 is 9.90 Å². The summed E-state index contributed by atoms with van der Waals surface area (Å²) >= 11 is 0. The highest BCUT2D eigenvalue weighted by molar-refractivity contribution is 5.87. The van der Waals surface area contributed by atoms with Gasteiger partial charge in [0, 0.05) is 12.7 Å². The van der Waals surface area contributed by atoms with E-state index >= 15 is 0 Å². The minimum absolute atomic E-state index is 0.100. The number of benzene rings is 1. The summed E-state index contributed by atoms with van der Waals surface area (Å²) in [5, 5.41) is 19.2. The molecule has 2 heterocycles. The summed E-state index contributed by atoms with van der Waals surface area (Å²) in [6.07, 6.45) is 0.978. The van der Waals surface area contributed by atoms with Gasteiger partial charge >= 0.3 is 6.03 Å². The number of rotatable bonds is 4. The second-order valence-corrected chi connectivity index (χ2v) is 4.70. The average Bonchev–Trinajstić information content (AvgIpc) is 2.95. The molecule has 1 atom stereocenters. The minimum Gasteiger partial charge on any atom is -0.387 e. The summed E-state index contributed by atoms with van der Waals surface area (Å²) < 4.78 is 1.56. The standard InChI is InChI=1S/C15H15N5O2/c21-12(11-6-2-1-3-7-11)10-16-15(22)18-14-17-13-8-4-5-9-20(13)19-14/h1-9,12,21H,10H2,(H2,16,18,19,22). The Morgan fingerprint density at radius 3 is 2.73 bits per heavy atom. The van der Waals surface area contributed by atoms with Gasteiger partial charge in [0.25, 0.3) is 5.95 Å². The van der Waals surface area contributed by atoms with E-state index in [1.165, 1.54) is 0 Å². The zero-order valence-corrected chi connectivity index (χ0v) is 11.7. The summed E-state index contributed by atoms with van der Waals surface area (Å²) in [5.41, 5.74) is 1.38. The van der Waals surface area contributed by atoms with Gasteiger partial charge < -0.3 is 10.4 Å². The van der Waals surface area contributed by atoms with Crippen LogP contribution >= 0.6 is 0 Å². The normalized spacial score (nSPS) is 12.0. The largest absolute Gasteiger partial charge is 0.387 e. The molecule has 3 aromatic rings. The van der Waals surface area contributed by atoms with Crippen LogP contribution in [-0.4, -0.2) is 32.3 Å². The number of aliphatic hydroxyl groups excluding tert-OH is 1. The molecule has 0 spiro atoms. The van der Waals surface area contributed by atoms with Crippen molar-refractivity contribution in [1.29, 1.82) is 0 Å². The number of fused-ring (bicyclic) bond motifs is 1. The zero-order valence-electron chi connectivity index (χ0n) is 11.7. The van der Waals surface area contributed by atoms with Gasteiger partial charge in [-0.05, 0) is 17.7 Å². The Kier molecular flexibility index (Phi) is 3.97. The Hall–Kier alpha value is -2.93. The van der Waals surface area contributed by atoms with E-state index in [1.807, 2.05) is 30.3 Å². The van der Waals surface area contributed by atoms with Gasteiger partial charge in [-0.3, -0.25) is 5.32 Å². The van der Waals surface area contributed by atoms with Crippen molar-refractivity contribution in [2.24, 2.45) is 0 Å².